The van der Waals surface area contributed by atoms with Gasteiger partial charge in [-0.3, -0.25) is 4.79 Å². The highest BCUT2D eigenvalue weighted by atomic mass is 19.4. The predicted molar refractivity (Wildman–Crippen MR) is 87.5 cm³/mol. The van der Waals surface area contributed by atoms with Gasteiger partial charge in [0.15, 0.2) is 0 Å². The Balaban J connectivity index is 1.69. The van der Waals surface area contributed by atoms with Crippen LogP contribution < -0.4 is 15.4 Å². The molecule has 0 fully saturated rings. The van der Waals surface area contributed by atoms with E-state index in [2.05, 4.69) is 15.4 Å². The molecule has 132 valence electrons. The van der Waals surface area contributed by atoms with Gasteiger partial charge in [-0.1, -0.05) is 18.2 Å². The highest BCUT2D eigenvalue weighted by Crippen LogP contribution is 2.26. The molecule has 1 amide bonds. The number of ether oxygens (including phenoxy) is 1. The van der Waals surface area contributed by atoms with Gasteiger partial charge in [0.1, 0.15) is 5.75 Å². The van der Waals surface area contributed by atoms with Crippen LogP contribution in [-0.4, -0.2) is 18.8 Å². The lowest BCUT2D eigenvalue weighted by molar-refractivity contribution is -0.274. The maximum absolute atomic E-state index is 12.4. The summed E-state index contributed by atoms with van der Waals surface area (Å²) < 4.78 is 41.3. The van der Waals surface area contributed by atoms with Crippen LogP contribution in [0.4, 0.5) is 18.9 Å². The number of alkyl halides is 3. The van der Waals surface area contributed by atoms with Crippen LogP contribution in [0.15, 0.2) is 42.5 Å². The Morgan fingerprint density at radius 1 is 1.20 bits per heavy atom. The molecule has 0 saturated carbocycles. The minimum Gasteiger partial charge on any atom is -0.405 e. The molecule has 2 N–H and O–H groups in total. The summed E-state index contributed by atoms with van der Waals surface area (Å²) in [7, 11) is 0. The van der Waals surface area contributed by atoms with Crippen LogP contribution in [0.1, 0.15) is 27.9 Å². The Morgan fingerprint density at radius 3 is 2.80 bits per heavy atom. The molecule has 1 heterocycles. The van der Waals surface area contributed by atoms with Crippen molar-refractivity contribution in [3.63, 3.8) is 0 Å². The van der Waals surface area contributed by atoms with Crippen LogP contribution in [0.25, 0.3) is 0 Å². The van der Waals surface area contributed by atoms with Gasteiger partial charge in [-0.15, -0.1) is 13.2 Å². The van der Waals surface area contributed by atoms with Crippen LogP contribution in [0.2, 0.25) is 0 Å². The number of rotatable bonds is 4. The van der Waals surface area contributed by atoms with Crippen molar-refractivity contribution in [1.82, 2.24) is 5.32 Å². The highest BCUT2D eigenvalue weighted by Gasteiger charge is 2.32. The Kier molecular flexibility index (Phi) is 4.83. The van der Waals surface area contributed by atoms with Gasteiger partial charge >= 0.3 is 6.36 Å². The van der Waals surface area contributed by atoms with Crippen molar-refractivity contribution in [2.24, 2.45) is 0 Å². The summed E-state index contributed by atoms with van der Waals surface area (Å²) in [5.41, 5.74) is 2.83. The first-order valence-electron chi connectivity index (χ1n) is 7.91. The molecule has 2 aromatic rings. The molecule has 3 rings (SSSR count). The fourth-order valence-corrected chi connectivity index (χ4v) is 2.77. The van der Waals surface area contributed by atoms with Gasteiger partial charge in [-0.05, 0) is 42.7 Å². The maximum atomic E-state index is 12.4. The number of carbonyl (C=O) groups excluding carboxylic acids is 1. The molecule has 0 unspecified atom stereocenters. The summed E-state index contributed by atoms with van der Waals surface area (Å²) >= 11 is 0. The van der Waals surface area contributed by atoms with Gasteiger partial charge in [0.2, 0.25) is 0 Å². The molecule has 0 aliphatic carbocycles. The number of amides is 1. The molecule has 0 atom stereocenters. The minimum atomic E-state index is -4.77. The summed E-state index contributed by atoms with van der Waals surface area (Å²) in [4.78, 5) is 12.3. The molecule has 25 heavy (non-hydrogen) atoms. The second-order valence-electron chi connectivity index (χ2n) is 5.74. The van der Waals surface area contributed by atoms with Gasteiger partial charge in [0.05, 0.1) is 0 Å². The molecule has 0 radical (unpaired) electrons. The highest BCUT2D eigenvalue weighted by molar-refractivity contribution is 5.95. The Hall–Kier alpha value is -2.70. The molecule has 0 saturated heterocycles. The molecular formula is C18H17F3N2O2. The van der Waals surface area contributed by atoms with Gasteiger partial charge in [-0.25, -0.2) is 0 Å². The number of benzene rings is 2. The first-order valence-corrected chi connectivity index (χ1v) is 7.91. The van der Waals surface area contributed by atoms with Crippen molar-refractivity contribution < 1.29 is 22.7 Å². The van der Waals surface area contributed by atoms with Crippen LogP contribution in [0.3, 0.4) is 0 Å². The van der Waals surface area contributed by atoms with Gasteiger partial charge in [0, 0.05) is 29.9 Å². The molecule has 7 heteroatoms. The predicted octanol–water partition coefficient (Wildman–Crippen LogP) is 3.87. The number of carbonyl (C=O) groups is 1. The topological polar surface area (TPSA) is 50.4 Å². The first-order chi connectivity index (χ1) is 11.9. The summed E-state index contributed by atoms with van der Waals surface area (Å²) in [6.07, 6.45) is -2.88. The zero-order valence-corrected chi connectivity index (χ0v) is 13.3. The molecule has 0 aromatic heterocycles. The third-order valence-corrected chi connectivity index (χ3v) is 3.94. The fourth-order valence-electron chi connectivity index (χ4n) is 2.77. The summed E-state index contributed by atoms with van der Waals surface area (Å²) in [6, 6.07) is 11.1. The van der Waals surface area contributed by atoms with E-state index in [1.807, 2.05) is 12.1 Å². The zero-order chi connectivity index (χ0) is 17.9. The first kappa shape index (κ1) is 17.1. The fraction of sp³-hybridized carbons (Fsp3) is 0.278. The number of para-hydroxylation sites is 1. The van der Waals surface area contributed by atoms with E-state index in [4.69, 9.17) is 0 Å². The van der Waals surface area contributed by atoms with Crippen LogP contribution >= 0.6 is 0 Å². The quantitative estimate of drug-likeness (QED) is 0.880. The smallest absolute Gasteiger partial charge is 0.405 e. The average Bonchev–Trinajstić information content (AvgIpc) is 2.59. The molecule has 4 nitrogen and oxygen atoms in total. The van der Waals surface area contributed by atoms with E-state index in [1.165, 1.54) is 18.2 Å². The summed E-state index contributed by atoms with van der Waals surface area (Å²) in [6.45, 7) is 0.856. The van der Waals surface area contributed by atoms with Gasteiger partial charge < -0.3 is 15.4 Å². The number of anilines is 1. The Labute approximate surface area is 143 Å². The van der Waals surface area contributed by atoms with Crippen LogP contribution in [-0.2, 0) is 13.0 Å². The van der Waals surface area contributed by atoms with E-state index in [0.717, 1.165) is 30.6 Å². The van der Waals surface area contributed by atoms with Crippen molar-refractivity contribution in [3.05, 3.63) is 59.2 Å². The molecule has 1 aliphatic rings. The second kappa shape index (κ2) is 7.04. The Morgan fingerprint density at radius 2 is 2.00 bits per heavy atom. The number of halogens is 3. The van der Waals surface area contributed by atoms with E-state index >= 15 is 0 Å². The SMILES string of the molecule is O=C(NCc1ccccc1OC(F)(F)F)c1ccc2c(c1)CCCN2. The zero-order valence-electron chi connectivity index (χ0n) is 13.3. The molecule has 0 spiro atoms. The molecule has 1 aliphatic heterocycles. The lowest BCUT2D eigenvalue weighted by Gasteiger charge is -2.18. The number of hydrogen-bond donors (Lipinski definition) is 2. The van der Waals surface area contributed by atoms with Crippen LogP contribution in [0, 0.1) is 0 Å². The van der Waals surface area contributed by atoms with Crippen molar-refractivity contribution in [2.45, 2.75) is 25.7 Å². The number of fused-ring (bicyclic) bond motifs is 1. The maximum Gasteiger partial charge on any atom is 0.573 e. The monoisotopic (exact) mass is 350 g/mol. The molecule has 0 bridgehead atoms. The molecular weight excluding hydrogens is 333 g/mol. The summed E-state index contributed by atoms with van der Waals surface area (Å²) in [5, 5.41) is 5.90. The number of hydrogen-bond acceptors (Lipinski definition) is 3. The van der Waals surface area contributed by atoms with Crippen molar-refractivity contribution in [3.8, 4) is 5.75 Å². The van der Waals surface area contributed by atoms with Crippen molar-refractivity contribution >= 4 is 11.6 Å². The van der Waals surface area contributed by atoms with E-state index in [-0.39, 0.29) is 23.8 Å². The third-order valence-electron chi connectivity index (χ3n) is 3.94. The van der Waals surface area contributed by atoms with E-state index in [0.29, 0.717) is 5.56 Å². The van der Waals surface area contributed by atoms with E-state index in [9.17, 15) is 18.0 Å². The lowest BCUT2D eigenvalue weighted by atomic mass is 10.0. The van der Waals surface area contributed by atoms with Crippen molar-refractivity contribution in [2.75, 3.05) is 11.9 Å². The summed E-state index contributed by atoms with van der Waals surface area (Å²) in [5.74, 6) is -0.653. The Bertz CT molecular complexity index is 775. The second-order valence-corrected chi connectivity index (χ2v) is 5.74. The van der Waals surface area contributed by atoms with Crippen LogP contribution in [0.5, 0.6) is 5.75 Å². The minimum absolute atomic E-state index is 0.0551. The average molecular weight is 350 g/mol. The lowest BCUT2D eigenvalue weighted by Crippen LogP contribution is -2.25. The van der Waals surface area contributed by atoms with E-state index in [1.54, 1.807) is 12.1 Å². The van der Waals surface area contributed by atoms with Crippen molar-refractivity contribution in [1.29, 1.82) is 0 Å². The number of aryl methyl sites for hydroxylation is 1. The van der Waals surface area contributed by atoms with Gasteiger partial charge in [0.25, 0.3) is 5.91 Å². The molecule has 2 aromatic carbocycles. The largest absolute Gasteiger partial charge is 0.573 e. The standard InChI is InChI=1S/C18H17F3N2O2/c19-18(20,21)25-16-6-2-1-4-14(16)11-23-17(24)13-7-8-15-12(10-13)5-3-9-22-15/h1-2,4,6-8,10,22H,3,5,9,11H2,(H,23,24). The van der Waals surface area contributed by atoms with E-state index < -0.39 is 6.36 Å². The normalized spacial score (nSPS) is 13.6. The number of nitrogens with one attached hydrogen (secondary N) is 2. The third kappa shape index (κ3) is 4.43. The van der Waals surface area contributed by atoms with Gasteiger partial charge in [-0.2, -0.15) is 0 Å².